The normalized spacial score (nSPS) is 12.9. The Morgan fingerprint density at radius 3 is 2.56 bits per heavy atom. The van der Waals surface area contributed by atoms with Crippen LogP contribution < -0.4 is 63.1 Å². The molecule has 16 heavy (non-hydrogen) atoms. The molecule has 2 rings (SSSR count). The Bertz CT molecular complexity index is 371. The second kappa shape index (κ2) is 7.30. The van der Waals surface area contributed by atoms with Gasteiger partial charge in [0.25, 0.3) is 0 Å². The van der Waals surface area contributed by atoms with E-state index in [0.29, 0.717) is 0 Å². The van der Waals surface area contributed by atoms with Gasteiger partial charge in [-0.25, -0.2) is 4.79 Å². The van der Waals surface area contributed by atoms with Gasteiger partial charge in [0.05, 0.1) is 0 Å². The van der Waals surface area contributed by atoms with Crippen molar-refractivity contribution in [1.82, 2.24) is 0 Å². The number of anilines is 1. The fourth-order valence-corrected chi connectivity index (χ4v) is 1.56. The Morgan fingerprint density at radius 1 is 1.31 bits per heavy atom. The zero-order chi connectivity index (χ0) is 10.1. The van der Waals surface area contributed by atoms with E-state index in [1.165, 1.54) is 6.61 Å². The molecule has 0 bridgehead atoms. The van der Waals surface area contributed by atoms with E-state index in [2.05, 4.69) is 0 Å². The van der Waals surface area contributed by atoms with Crippen LogP contribution in [0.2, 0.25) is 0 Å². The molecule has 1 aromatic rings. The predicted molar refractivity (Wildman–Crippen MR) is 53.9 cm³/mol. The van der Waals surface area contributed by atoms with Crippen LogP contribution in [-0.4, -0.2) is 12.1 Å². The van der Waals surface area contributed by atoms with Crippen molar-refractivity contribution in [3.63, 3.8) is 0 Å². The van der Waals surface area contributed by atoms with Crippen molar-refractivity contribution >= 4 is 11.8 Å². The van der Waals surface area contributed by atoms with Crippen molar-refractivity contribution in [1.29, 1.82) is 0 Å². The maximum atomic E-state index is 11.5. The predicted octanol–water partition coefficient (Wildman–Crippen LogP) is -0.437. The number of cyclic esters (lactones) is 1. The van der Waals surface area contributed by atoms with Gasteiger partial charge in [-0.1, -0.05) is 17.8 Å². The minimum Gasteiger partial charge on any atom is -0.482 e. The number of hydrogen-bond donors (Lipinski definition) is 0. The monoisotopic (exact) mass is 462 g/mol. The Balaban J connectivity index is 0.00000112. The average molecular weight is 462 g/mol. The van der Waals surface area contributed by atoms with E-state index in [-0.39, 0.29) is 90.7 Å². The first-order chi connectivity index (χ1) is 6.70. The molecule has 1 radical (unpaired) electrons. The van der Waals surface area contributed by atoms with Crippen LogP contribution in [0, 0.1) is 6.61 Å². The number of rotatable bonds is 1. The molecule has 0 aromatic heterocycles. The molecule has 0 saturated heterocycles. The largest absolute Gasteiger partial charge is 1.00 e. The van der Waals surface area contributed by atoms with Crippen LogP contribution in [0.15, 0.2) is 24.3 Å². The molecule has 5 heteroatoms. The van der Waals surface area contributed by atoms with Gasteiger partial charge in [0.2, 0.25) is 0 Å². The minimum absolute atomic E-state index is 0. The van der Waals surface area contributed by atoms with Crippen LogP contribution in [-0.2, 0) is 25.2 Å². The van der Waals surface area contributed by atoms with Crippen LogP contribution in [0.1, 0.15) is 19.4 Å². The summed E-state index contributed by atoms with van der Waals surface area (Å²) in [5.74, 6) is 0. The molecule has 0 fully saturated rings. The first-order valence-corrected chi connectivity index (χ1v) is 4.62. The second-order valence-electron chi connectivity index (χ2n) is 3.52. The molecule has 3 nitrogen and oxygen atoms in total. The van der Waals surface area contributed by atoms with Crippen LogP contribution in [0.25, 0.3) is 0 Å². The number of hydrogen-bond acceptors (Lipinski definition) is 2. The Morgan fingerprint density at radius 2 is 1.94 bits per heavy atom. The van der Waals surface area contributed by atoms with Gasteiger partial charge < -0.3 is 9.64 Å². The Labute approximate surface area is 158 Å². The van der Waals surface area contributed by atoms with Crippen molar-refractivity contribution in [2.75, 3.05) is 4.90 Å². The summed E-state index contributed by atoms with van der Waals surface area (Å²) in [6.45, 7) is 5.42. The molecule has 0 unspecified atom stereocenters. The third-order valence-corrected chi connectivity index (χ3v) is 2.20. The van der Waals surface area contributed by atoms with Gasteiger partial charge in [0.15, 0.2) is 0 Å². The maximum absolute atomic E-state index is 11.5. The number of para-hydroxylation sites is 1. The van der Waals surface area contributed by atoms with Gasteiger partial charge in [-0.05, 0) is 20.5 Å². The average Bonchev–Trinajstić information content (AvgIpc) is 2.17. The van der Waals surface area contributed by atoms with Gasteiger partial charge in [-0.15, -0.1) is 11.6 Å². The SMILES string of the molecule is CC(C)N1C(=O)O[CH-]c2ccccc21.[Rb+].[Re]. The molecule has 1 aromatic carbocycles. The fourth-order valence-electron chi connectivity index (χ4n) is 1.56. The van der Waals surface area contributed by atoms with Gasteiger partial charge in [0.1, 0.15) is 0 Å². The number of benzene rings is 1. The molecule has 0 N–H and O–H groups in total. The first kappa shape index (κ1) is 16.8. The van der Waals surface area contributed by atoms with Crippen LogP contribution in [0.3, 0.4) is 0 Å². The van der Waals surface area contributed by atoms with Crippen molar-refractivity contribution in [3.05, 3.63) is 36.4 Å². The molecule has 1 heterocycles. The Hall–Kier alpha value is 0.828. The maximum Gasteiger partial charge on any atom is 1.00 e. The molecule has 0 aliphatic carbocycles. The molecular weight excluding hydrogens is 450 g/mol. The number of carbonyl (C=O) groups is 1. The number of amides is 1. The van der Waals surface area contributed by atoms with Gasteiger partial charge >= 0.3 is 64.3 Å². The van der Waals surface area contributed by atoms with Crippen LogP contribution in [0.4, 0.5) is 10.5 Å². The fraction of sp³-hybridized carbons (Fsp3) is 0.273. The smallest absolute Gasteiger partial charge is 0.482 e. The molecule has 0 spiro atoms. The van der Waals surface area contributed by atoms with E-state index in [1.807, 2.05) is 38.1 Å². The van der Waals surface area contributed by atoms with E-state index in [4.69, 9.17) is 4.74 Å². The summed E-state index contributed by atoms with van der Waals surface area (Å²) < 4.78 is 4.94. The summed E-state index contributed by atoms with van der Waals surface area (Å²) >= 11 is 0. The summed E-state index contributed by atoms with van der Waals surface area (Å²) in [4.78, 5) is 13.1. The van der Waals surface area contributed by atoms with Crippen molar-refractivity contribution < 1.29 is 88.1 Å². The third-order valence-electron chi connectivity index (χ3n) is 2.20. The number of ether oxygens (including phenoxy) is 1. The van der Waals surface area contributed by atoms with Crippen molar-refractivity contribution in [2.45, 2.75) is 19.9 Å². The van der Waals surface area contributed by atoms with E-state index in [9.17, 15) is 4.79 Å². The van der Waals surface area contributed by atoms with Gasteiger partial charge in [-0.3, -0.25) is 0 Å². The zero-order valence-corrected chi connectivity index (χ0v) is 17.2. The third kappa shape index (κ3) is 3.41. The second-order valence-corrected chi connectivity index (χ2v) is 3.52. The quantitative estimate of drug-likeness (QED) is 0.531. The Kier molecular flexibility index (Phi) is 7.68. The van der Waals surface area contributed by atoms with Gasteiger partial charge in [-0.2, -0.15) is 6.07 Å². The summed E-state index contributed by atoms with van der Waals surface area (Å²) in [5.41, 5.74) is 1.86. The molecule has 0 atom stereocenters. The summed E-state index contributed by atoms with van der Waals surface area (Å²) in [6.07, 6.45) is -0.307. The van der Waals surface area contributed by atoms with Crippen LogP contribution >= 0.6 is 0 Å². The van der Waals surface area contributed by atoms with E-state index >= 15 is 0 Å². The van der Waals surface area contributed by atoms with Gasteiger partial charge in [0, 0.05) is 26.5 Å². The summed E-state index contributed by atoms with van der Waals surface area (Å²) in [5, 5.41) is 0. The molecular formula is C11H12NO2RbRe. The molecule has 1 amide bonds. The van der Waals surface area contributed by atoms with Crippen molar-refractivity contribution in [2.24, 2.45) is 0 Å². The van der Waals surface area contributed by atoms with E-state index < -0.39 is 0 Å². The topological polar surface area (TPSA) is 29.5 Å². The summed E-state index contributed by atoms with van der Waals surface area (Å²) in [7, 11) is 0. The molecule has 1 aliphatic rings. The van der Waals surface area contributed by atoms with E-state index in [1.54, 1.807) is 4.90 Å². The number of carbonyl (C=O) groups excluding carboxylic acids is 1. The number of fused-ring (bicyclic) bond motifs is 1. The zero-order valence-electron chi connectivity index (χ0n) is 9.61. The standard InChI is InChI=1S/C11H12NO2.Rb.Re/c1-8(2)12-10-6-4-3-5-9(10)7-14-11(12)13;;/h3-8H,1-2H3;;/q-1;+1;. The van der Waals surface area contributed by atoms with Crippen molar-refractivity contribution in [3.8, 4) is 0 Å². The molecule has 0 saturated carbocycles. The number of nitrogens with zero attached hydrogens (tertiary/aromatic N) is 1. The minimum atomic E-state index is -0.307. The first-order valence-electron chi connectivity index (χ1n) is 4.62. The van der Waals surface area contributed by atoms with E-state index in [0.717, 1.165) is 11.3 Å². The van der Waals surface area contributed by atoms with Crippen LogP contribution in [0.5, 0.6) is 0 Å². The molecule has 1 aliphatic heterocycles. The summed E-state index contributed by atoms with van der Waals surface area (Å²) in [6, 6.07) is 7.80. The molecule has 81 valence electrons.